The summed E-state index contributed by atoms with van der Waals surface area (Å²) in [6.45, 7) is 3.97. The summed E-state index contributed by atoms with van der Waals surface area (Å²) in [5.74, 6) is -0.233. The van der Waals surface area contributed by atoms with Gasteiger partial charge in [0.05, 0.1) is 23.8 Å². The maximum absolute atomic E-state index is 13.6. The lowest BCUT2D eigenvalue weighted by Gasteiger charge is -2.16. The molecule has 0 saturated carbocycles. The molecule has 0 amide bonds. The number of nitrogens with one attached hydrogen (secondary N) is 1. The van der Waals surface area contributed by atoms with Crippen molar-refractivity contribution < 1.29 is 4.39 Å². The number of aromatic nitrogens is 6. The van der Waals surface area contributed by atoms with Crippen LogP contribution in [0.3, 0.4) is 0 Å². The summed E-state index contributed by atoms with van der Waals surface area (Å²) in [5.41, 5.74) is 4.98. The Bertz CT molecular complexity index is 1070. The fourth-order valence-corrected chi connectivity index (χ4v) is 3.25. The third kappa shape index (κ3) is 3.36. The monoisotopic (exact) mass is 362 g/mol. The fraction of sp³-hybridized carbons (Fsp3) is 0.200. The van der Waals surface area contributed by atoms with E-state index in [1.54, 1.807) is 24.7 Å². The largest absolute Gasteiger partial charge is 0.329 e. The summed E-state index contributed by atoms with van der Waals surface area (Å²) in [6, 6.07) is 10.5. The van der Waals surface area contributed by atoms with Crippen LogP contribution in [0, 0.1) is 12.7 Å². The minimum Gasteiger partial charge on any atom is -0.329 e. The predicted molar refractivity (Wildman–Crippen MR) is 100 cm³/mol. The number of rotatable bonds is 5. The second-order valence-corrected chi connectivity index (χ2v) is 6.37. The van der Waals surface area contributed by atoms with Crippen molar-refractivity contribution >= 4 is 0 Å². The van der Waals surface area contributed by atoms with Gasteiger partial charge in [0.15, 0.2) is 0 Å². The lowest BCUT2D eigenvalue weighted by atomic mass is 10.0. The molecule has 0 spiro atoms. The van der Waals surface area contributed by atoms with E-state index in [0.29, 0.717) is 0 Å². The molecule has 4 rings (SSSR count). The Labute approximate surface area is 156 Å². The van der Waals surface area contributed by atoms with E-state index in [0.717, 1.165) is 40.3 Å². The van der Waals surface area contributed by atoms with Gasteiger partial charge in [-0.05, 0) is 43.2 Å². The molecule has 6 nitrogen and oxygen atoms in total. The molecule has 0 saturated heterocycles. The zero-order valence-corrected chi connectivity index (χ0v) is 15.1. The summed E-state index contributed by atoms with van der Waals surface area (Å²) >= 11 is 0. The van der Waals surface area contributed by atoms with Gasteiger partial charge in [0.25, 0.3) is 0 Å². The molecule has 0 radical (unpaired) electrons. The molecule has 4 aromatic rings. The highest BCUT2D eigenvalue weighted by atomic mass is 19.1. The van der Waals surface area contributed by atoms with Crippen molar-refractivity contribution in [1.82, 2.24) is 29.9 Å². The average molecular weight is 362 g/mol. The number of imidazole rings is 1. The van der Waals surface area contributed by atoms with Crippen LogP contribution in [0.2, 0.25) is 0 Å². The average Bonchev–Trinajstić information content (AvgIpc) is 3.32. The van der Waals surface area contributed by atoms with Crippen LogP contribution in [0.5, 0.6) is 0 Å². The van der Waals surface area contributed by atoms with Gasteiger partial charge in [-0.2, -0.15) is 15.4 Å². The Balaban J connectivity index is 1.67. The molecule has 7 heteroatoms. The Kier molecular flexibility index (Phi) is 4.50. The summed E-state index contributed by atoms with van der Waals surface area (Å²) < 4.78 is 15.6. The fourth-order valence-electron chi connectivity index (χ4n) is 3.25. The number of aryl methyl sites for hydroxylation is 1. The van der Waals surface area contributed by atoms with E-state index in [1.165, 1.54) is 6.07 Å². The van der Waals surface area contributed by atoms with Crippen LogP contribution in [-0.4, -0.2) is 29.9 Å². The molecular formula is C20H19FN6. The molecule has 3 aromatic heterocycles. The molecule has 3 heterocycles. The molecule has 0 aliphatic rings. The van der Waals surface area contributed by atoms with Crippen LogP contribution in [0.1, 0.15) is 30.6 Å². The lowest BCUT2D eigenvalue weighted by Crippen LogP contribution is -2.07. The Hall–Kier alpha value is -3.35. The number of aromatic amines is 1. The number of hydrogen-bond donors (Lipinski definition) is 1. The standard InChI is InChI=1S/C20H19FN6/c1-3-19(14-5-4-6-16(21)9-14)27-11-18(23-12-27)17-10-15(7-8-22-17)20-13(2)24-26-25-20/h4-12,19H,3H2,1-2H3,(H,24,25,26). The molecule has 0 fully saturated rings. The summed E-state index contributed by atoms with van der Waals surface area (Å²) in [4.78, 5) is 8.95. The maximum Gasteiger partial charge on any atom is 0.123 e. The quantitative estimate of drug-likeness (QED) is 0.578. The number of H-pyrrole nitrogens is 1. The van der Waals surface area contributed by atoms with Crippen LogP contribution in [0.4, 0.5) is 4.39 Å². The maximum atomic E-state index is 13.6. The highest BCUT2D eigenvalue weighted by Gasteiger charge is 2.15. The third-order valence-corrected chi connectivity index (χ3v) is 4.60. The highest BCUT2D eigenvalue weighted by Crippen LogP contribution is 2.27. The van der Waals surface area contributed by atoms with E-state index in [4.69, 9.17) is 0 Å². The molecule has 1 unspecified atom stereocenters. The minimum absolute atomic E-state index is 0.0166. The Morgan fingerprint density at radius 3 is 2.74 bits per heavy atom. The van der Waals surface area contributed by atoms with Crippen molar-refractivity contribution in [2.75, 3.05) is 0 Å². The molecule has 1 aromatic carbocycles. The van der Waals surface area contributed by atoms with Gasteiger partial charge in [0.2, 0.25) is 0 Å². The molecule has 0 aliphatic heterocycles. The second-order valence-electron chi connectivity index (χ2n) is 6.37. The molecule has 0 bridgehead atoms. The Morgan fingerprint density at radius 2 is 2.00 bits per heavy atom. The van der Waals surface area contributed by atoms with Crippen LogP contribution in [0.15, 0.2) is 55.1 Å². The zero-order chi connectivity index (χ0) is 18.8. The van der Waals surface area contributed by atoms with E-state index in [9.17, 15) is 4.39 Å². The first-order chi connectivity index (χ1) is 13.2. The number of halogens is 1. The predicted octanol–water partition coefficient (Wildman–Crippen LogP) is 4.18. The Morgan fingerprint density at radius 1 is 1.11 bits per heavy atom. The van der Waals surface area contributed by atoms with Crippen molar-refractivity contribution in [3.63, 3.8) is 0 Å². The number of nitrogens with zero attached hydrogens (tertiary/aromatic N) is 5. The van der Waals surface area contributed by atoms with Gasteiger partial charge in [-0.1, -0.05) is 19.1 Å². The minimum atomic E-state index is -0.233. The SMILES string of the molecule is CCC(c1cccc(F)c1)n1cnc(-c2cc(-c3n[nH]nc3C)ccn2)c1. The molecule has 1 N–H and O–H groups in total. The third-order valence-electron chi connectivity index (χ3n) is 4.60. The zero-order valence-electron chi connectivity index (χ0n) is 15.1. The van der Waals surface area contributed by atoms with Crippen molar-refractivity contribution in [3.05, 3.63) is 72.2 Å². The van der Waals surface area contributed by atoms with Crippen LogP contribution < -0.4 is 0 Å². The van der Waals surface area contributed by atoms with E-state index >= 15 is 0 Å². The number of hydrogen-bond acceptors (Lipinski definition) is 4. The van der Waals surface area contributed by atoms with Crippen LogP contribution in [0.25, 0.3) is 22.6 Å². The van der Waals surface area contributed by atoms with Gasteiger partial charge >= 0.3 is 0 Å². The van der Waals surface area contributed by atoms with Crippen molar-refractivity contribution in [3.8, 4) is 22.6 Å². The first-order valence-corrected chi connectivity index (χ1v) is 8.79. The van der Waals surface area contributed by atoms with Gasteiger partial charge < -0.3 is 4.57 Å². The van der Waals surface area contributed by atoms with Gasteiger partial charge in [0.1, 0.15) is 17.2 Å². The topological polar surface area (TPSA) is 72.3 Å². The smallest absolute Gasteiger partial charge is 0.123 e. The molecule has 136 valence electrons. The molecule has 27 heavy (non-hydrogen) atoms. The van der Waals surface area contributed by atoms with Crippen molar-refractivity contribution in [2.45, 2.75) is 26.3 Å². The number of benzene rings is 1. The lowest BCUT2D eigenvalue weighted by molar-refractivity contribution is 0.557. The summed E-state index contributed by atoms with van der Waals surface area (Å²) in [5, 5.41) is 10.9. The highest BCUT2D eigenvalue weighted by molar-refractivity contribution is 5.67. The van der Waals surface area contributed by atoms with E-state index in [2.05, 4.69) is 32.3 Å². The summed E-state index contributed by atoms with van der Waals surface area (Å²) in [6.07, 6.45) is 6.28. The number of pyridine rings is 1. The van der Waals surface area contributed by atoms with Gasteiger partial charge in [0, 0.05) is 18.0 Å². The normalized spacial score (nSPS) is 12.3. The van der Waals surface area contributed by atoms with Crippen molar-refractivity contribution in [2.24, 2.45) is 0 Å². The van der Waals surface area contributed by atoms with Gasteiger partial charge in [-0.25, -0.2) is 9.37 Å². The van der Waals surface area contributed by atoms with E-state index in [1.807, 2.05) is 35.9 Å². The van der Waals surface area contributed by atoms with Gasteiger partial charge in [-0.3, -0.25) is 4.98 Å². The van der Waals surface area contributed by atoms with Crippen LogP contribution >= 0.6 is 0 Å². The molecular weight excluding hydrogens is 343 g/mol. The van der Waals surface area contributed by atoms with E-state index < -0.39 is 0 Å². The van der Waals surface area contributed by atoms with E-state index in [-0.39, 0.29) is 11.9 Å². The van der Waals surface area contributed by atoms with Crippen molar-refractivity contribution in [1.29, 1.82) is 0 Å². The first kappa shape index (κ1) is 17.1. The second kappa shape index (κ2) is 7.11. The molecule has 0 aliphatic carbocycles. The summed E-state index contributed by atoms with van der Waals surface area (Å²) in [7, 11) is 0. The first-order valence-electron chi connectivity index (χ1n) is 8.79. The molecule has 1 atom stereocenters. The van der Waals surface area contributed by atoms with Crippen LogP contribution in [-0.2, 0) is 0 Å². The van der Waals surface area contributed by atoms with Gasteiger partial charge in [-0.15, -0.1) is 0 Å².